The van der Waals surface area contributed by atoms with E-state index in [0.29, 0.717) is 5.54 Å². The highest BCUT2D eigenvalue weighted by atomic mass is 15.1. The number of piperidine rings is 2. The summed E-state index contributed by atoms with van der Waals surface area (Å²) >= 11 is 0. The summed E-state index contributed by atoms with van der Waals surface area (Å²) in [4.78, 5) is 2.64. The molecule has 0 aromatic carbocycles. The molecule has 2 aliphatic heterocycles. The molecule has 0 spiro atoms. The van der Waals surface area contributed by atoms with E-state index in [9.17, 15) is 0 Å². The third kappa shape index (κ3) is 2.43. The van der Waals surface area contributed by atoms with E-state index in [1.807, 2.05) is 0 Å². The minimum absolute atomic E-state index is 0.478. The predicted octanol–water partition coefficient (Wildman–Crippen LogP) is 2.64. The fourth-order valence-corrected chi connectivity index (χ4v) is 3.72. The summed E-state index contributed by atoms with van der Waals surface area (Å²) in [5, 5.41) is 3.87. The van der Waals surface area contributed by atoms with Gasteiger partial charge in [0.1, 0.15) is 0 Å². The summed E-state index contributed by atoms with van der Waals surface area (Å²) in [6.07, 6.45) is 8.38. The Morgan fingerprint density at radius 2 is 2.12 bits per heavy atom. The molecule has 0 aliphatic carbocycles. The number of hydrogen-bond donors (Lipinski definition) is 1. The molecule has 2 atom stereocenters. The van der Waals surface area contributed by atoms with Gasteiger partial charge in [-0.05, 0) is 57.7 Å². The number of rotatable bonds is 3. The fourth-order valence-electron chi connectivity index (χ4n) is 3.72. The molecular formula is C14H28N2. The van der Waals surface area contributed by atoms with Crippen molar-refractivity contribution in [3.63, 3.8) is 0 Å². The van der Waals surface area contributed by atoms with Gasteiger partial charge in [0.2, 0.25) is 0 Å². The Morgan fingerprint density at radius 1 is 1.25 bits per heavy atom. The first-order valence-corrected chi connectivity index (χ1v) is 7.28. The van der Waals surface area contributed by atoms with Gasteiger partial charge in [-0.25, -0.2) is 0 Å². The molecule has 0 amide bonds. The van der Waals surface area contributed by atoms with Crippen LogP contribution < -0.4 is 5.32 Å². The van der Waals surface area contributed by atoms with Crippen molar-refractivity contribution >= 4 is 0 Å². The molecule has 0 saturated carbocycles. The molecular weight excluding hydrogens is 196 g/mol. The number of likely N-dealkylation sites (tertiary alicyclic amines) is 1. The van der Waals surface area contributed by atoms with Crippen LogP contribution in [-0.2, 0) is 0 Å². The van der Waals surface area contributed by atoms with Crippen LogP contribution in [0.25, 0.3) is 0 Å². The maximum atomic E-state index is 3.87. The van der Waals surface area contributed by atoms with Crippen molar-refractivity contribution in [2.75, 3.05) is 26.2 Å². The lowest BCUT2D eigenvalue weighted by Crippen LogP contribution is -2.57. The Morgan fingerprint density at radius 3 is 2.75 bits per heavy atom. The van der Waals surface area contributed by atoms with Gasteiger partial charge in [0.15, 0.2) is 0 Å². The Labute approximate surface area is 101 Å². The zero-order valence-electron chi connectivity index (χ0n) is 11.1. The van der Waals surface area contributed by atoms with E-state index in [1.54, 1.807) is 0 Å². The van der Waals surface area contributed by atoms with Crippen LogP contribution in [0.1, 0.15) is 52.4 Å². The van der Waals surface area contributed by atoms with Crippen LogP contribution in [0.2, 0.25) is 0 Å². The van der Waals surface area contributed by atoms with Gasteiger partial charge < -0.3 is 10.2 Å². The van der Waals surface area contributed by atoms with E-state index < -0.39 is 0 Å². The van der Waals surface area contributed by atoms with Crippen LogP contribution in [0, 0.1) is 5.92 Å². The minimum atomic E-state index is 0.478. The first-order chi connectivity index (χ1) is 7.80. The number of nitrogens with one attached hydrogen (secondary N) is 1. The Hall–Kier alpha value is -0.0800. The van der Waals surface area contributed by atoms with Gasteiger partial charge in [-0.15, -0.1) is 0 Å². The monoisotopic (exact) mass is 224 g/mol. The molecule has 2 heteroatoms. The molecule has 1 N–H and O–H groups in total. The smallest absolute Gasteiger partial charge is 0.0219 e. The largest absolute Gasteiger partial charge is 0.311 e. The Balaban J connectivity index is 2.01. The van der Waals surface area contributed by atoms with Crippen LogP contribution in [0.15, 0.2) is 0 Å². The molecule has 2 fully saturated rings. The molecule has 0 aromatic heterocycles. The summed E-state index contributed by atoms with van der Waals surface area (Å²) in [6, 6.07) is 0. The SMILES string of the molecule is CCN1CCCC(C2(CC)CCCCN2)C1. The van der Waals surface area contributed by atoms with Crippen molar-refractivity contribution in [2.45, 2.75) is 57.9 Å². The lowest BCUT2D eigenvalue weighted by Gasteiger charge is -2.48. The molecule has 2 heterocycles. The van der Waals surface area contributed by atoms with Gasteiger partial charge in [0.05, 0.1) is 0 Å². The van der Waals surface area contributed by atoms with E-state index >= 15 is 0 Å². The van der Waals surface area contributed by atoms with Crippen LogP contribution >= 0.6 is 0 Å². The molecule has 16 heavy (non-hydrogen) atoms. The van der Waals surface area contributed by atoms with Crippen molar-refractivity contribution in [3.8, 4) is 0 Å². The number of hydrogen-bond acceptors (Lipinski definition) is 2. The summed E-state index contributed by atoms with van der Waals surface area (Å²) in [5.41, 5.74) is 0.478. The second-order valence-corrected chi connectivity index (χ2v) is 5.63. The minimum Gasteiger partial charge on any atom is -0.311 e. The van der Waals surface area contributed by atoms with E-state index in [0.717, 1.165) is 5.92 Å². The van der Waals surface area contributed by atoms with Gasteiger partial charge in [0.25, 0.3) is 0 Å². The van der Waals surface area contributed by atoms with E-state index in [2.05, 4.69) is 24.1 Å². The molecule has 0 aromatic rings. The van der Waals surface area contributed by atoms with E-state index in [-0.39, 0.29) is 0 Å². The average Bonchev–Trinajstić information content (AvgIpc) is 2.39. The fraction of sp³-hybridized carbons (Fsp3) is 1.00. The van der Waals surface area contributed by atoms with Gasteiger partial charge in [-0.3, -0.25) is 0 Å². The Kier molecular flexibility index (Phi) is 4.26. The van der Waals surface area contributed by atoms with Crippen molar-refractivity contribution in [1.82, 2.24) is 10.2 Å². The lowest BCUT2D eigenvalue weighted by atomic mass is 9.72. The molecule has 94 valence electrons. The van der Waals surface area contributed by atoms with Gasteiger partial charge in [-0.1, -0.05) is 20.3 Å². The van der Waals surface area contributed by atoms with Crippen molar-refractivity contribution in [2.24, 2.45) is 5.92 Å². The number of nitrogens with zero attached hydrogens (tertiary/aromatic N) is 1. The molecule has 2 aliphatic rings. The predicted molar refractivity (Wildman–Crippen MR) is 69.7 cm³/mol. The highest BCUT2D eigenvalue weighted by Crippen LogP contribution is 2.35. The van der Waals surface area contributed by atoms with Crippen molar-refractivity contribution in [1.29, 1.82) is 0 Å². The van der Waals surface area contributed by atoms with Crippen LogP contribution in [0.3, 0.4) is 0 Å². The lowest BCUT2D eigenvalue weighted by molar-refractivity contribution is 0.0744. The summed E-state index contributed by atoms with van der Waals surface area (Å²) in [5.74, 6) is 0.895. The molecule has 2 saturated heterocycles. The standard InChI is InChI=1S/C14H28N2/c1-3-14(9-5-6-10-15-14)13-8-7-11-16(4-2)12-13/h13,15H,3-12H2,1-2H3. The average molecular weight is 224 g/mol. The first kappa shape index (κ1) is 12.4. The molecule has 0 bridgehead atoms. The molecule has 2 nitrogen and oxygen atoms in total. The van der Waals surface area contributed by atoms with Crippen molar-refractivity contribution in [3.05, 3.63) is 0 Å². The molecule has 0 radical (unpaired) electrons. The van der Waals surface area contributed by atoms with Gasteiger partial charge in [0, 0.05) is 12.1 Å². The van der Waals surface area contributed by atoms with Crippen LogP contribution in [0.5, 0.6) is 0 Å². The quantitative estimate of drug-likeness (QED) is 0.793. The highest BCUT2D eigenvalue weighted by molar-refractivity contribution is 4.98. The van der Waals surface area contributed by atoms with Crippen LogP contribution in [-0.4, -0.2) is 36.6 Å². The normalized spacial score (nSPS) is 37.5. The van der Waals surface area contributed by atoms with Gasteiger partial charge in [-0.2, -0.15) is 0 Å². The zero-order valence-corrected chi connectivity index (χ0v) is 11.1. The highest BCUT2D eigenvalue weighted by Gasteiger charge is 2.39. The molecule has 2 unspecified atom stereocenters. The zero-order chi connectivity index (χ0) is 11.4. The summed E-state index contributed by atoms with van der Waals surface area (Å²) < 4.78 is 0. The first-order valence-electron chi connectivity index (χ1n) is 7.28. The maximum absolute atomic E-state index is 3.87. The van der Waals surface area contributed by atoms with E-state index in [1.165, 1.54) is 64.7 Å². The molecule has 2 rings (SSSR count). The third-order valence-corrected chi connectivity index (χ3v) is 4.89. The van der Waals surface area contributed by atoms with E-state index in [4.69, 9.17) is 0 Å². The second-order valence-electron chi connectivity index (χ2n) is 5.63. The topological polar surface area (TPSA) is 15.3 Å². The summed E-state index contributed by atoms with van der Waals surface area (Å²) in [7, 11) is 0. The van der Waals surface area contributed by atoms with Crippen LogP contribution in [0.4, 0.5) is 0 Å². The third-order valence-electron chi connectivity index (χ3n) is 4.89. The van der Waals surface area contributed by atoms with Crippen molar-refractivity contribution < 1.29 is 0 Å². The van der Waals surface area contributed by atoms with Gasteiger partial charge >= 0.3 is 0 Å². The maximum Gasteiger partial charge on any atom is 0.0219 e. The second kappa shape index (κ2) is 5.50. The Bertz CT molecular complexity index is 209. The summed E-state index contributed by atoms with van der Waals surface area (Å²) in [6.45, 7) is 9.81.